The van der Waals surface area contributed by atoms with Crippen molar-refractivity contribution in [2.24, 2.45) is 7.05 Å². The van der Waals surface area contributed by atoms with E-state index in [1.807, 2.05) is 22.0 Å². The van der Waals surface area contributed by atoms with Crippen LogP contribution in [-0.4, -0.2) is 66.6 Å². The molecule has 1 saturated heterocycles. The monoisotopic (exact) mass is 411 g/mol. The van der Waals surface area contributed by atoms with Crippen molar-refractivity contribution in [1.82, 2.24) is 34.5 Å². The zero-order valence-electron chi connectivity index (χ0n) is 17.0. The Morgan fingerprint density at radius 1 is 1.17 bits per heavy atom. The lowest BCUT2D eigenvalue weighted by atomic mass is 10.1. The van der Waals surface area contributed by atoms with Gasteiger partial charge in [-0.3, -0.25) is 24.3 Å². The topological polar surface area (TPSA) is 80.0 Å². The summed E-state index contributed by atoms with van der Waals surface area (Å²) in [5.74, 6) is 0.134. The number of aryl methyl sites for hydroxylation is 2. The summed E-state index contributed by atoms with van der Waals surface area (Å²) in [6.07, 6.45) is 5.31. The molecule has 0 aromatic carbocycles. The molecule has 29 heavy (non-hydrogen) atoms. The minimum absolute atomic E-state index is 0.134. The first-order valence-corrected chi connectivity index (χ1v) is 10.6. The molecule has 0 spiro atoms. The summed E-state index contributed by atoms with van der Waals surface area (Å²) in [5, 5.41) is 7.24. The molecule has 0 aliphatic carbocycles. The predicted molar refractivity (Wildman–Crippen MR) is 111 cm³/mol. The van der Waals surface area contributed by atoms with E-state index in [0.29, 0.717) is 6.42 Å². The molecular formula is C20H25N7OS. The van der Waals surface area contributed by atoms with Crippen LogP contribution < -0.4 is 0 Å². The van der Waals surface area contributed by atoms with E-state index in [-0.39, 0.29) is 5.91 Å². The highest BCUT2D eigenvalue weighted by Crippen LogP contribution is 2.21. The third-order valence-corrected chi connectivity index (χ3v) is 6.35. The molecule has 0 N–H and O–H groups in total. The van der Waals surface area contributed by atoms with Gasteiger partial charge in [-0.25, -0.2) is 4.98 Å². The van der Waals surface area contributed by atoms with Crippen molar-refractivity contribution >= 4 is 17.2 Å². The van der Waals surface area contributed by atoms with Crippen LogP contribution in [0.5, 0.6) is 0 Å². The summed E-state index contributed by atoms with van der Waals surface area (Å²) in [4.78, 5) is 30.0. The van der Waals surface area contributed by atoms with Gasteiger partial charge in [0, 0.05) is 68.8 Å². The van der Waals surface area contributed by atoms with Gasteiger partial charge in [0.15, 0.2) is 0 Å². The molecular weight excluding hydrogens is 386 g/mol. The maximum absolute atomic E-state index is 12.7. The molecule has 152 valence electrons. The lowest BCUT2D eigenvalue weighted by molar-refractivity contribution is -0.132. The molecule has 1 aliphatic rings. The molecule has 0 saturated carbocycles. The molecule has 0 unspecified atom stereocenters. The second-order valence-corrected chi connectivity index (χ2v) is 8.20. The van der Waals surface area contributed by atoms with Gasteiger partial charge >= 0.3 is 0 Å². The van der Waals surface area contributed by atoms with Crippen molar-refractivity contribution < 1.29 is 4.79 Å². The van der Waals surface area contributed by atoms with Crippen molar-refractivity contribution in [3.8, 4) is 10.7 Å². The fourth-order valence-electron chi connectivity index (χ4n) is 3.61. The van der Waals surface area contributed by atoms with Crippen LogP contribution in [0.4, 0.5) is 0 Å². The summed E-state index contributed by atoms with van der Waals surface area (Å²) >= 11 is 1.50. The lowest BCUT2D eigenvalue weighted by Crippen LogP contribution is -2.48. The predicted octanol–water partition coefficient (Wildman–Crippen LogP) is 1.84. The zero-order chi connectivity index (χ0) is 20.4. The van der Waals surface area contributed by atoms with E-state index in [4.69, 9.17) is 0 Å². The van der Waals surface area contributed by atoms with Gasteiger partial charge in [-0.1, -0.05) is 0 Å². The summed E-state index contributed by atoms with van der Waals surface area (Å²) in [5.41, 5.74) is 5.14. The molecule has 3 aromatic heterocycles. The first kappa shape index (κ1) is 19.7. The molecule has 1 aliphatic heterocycles. The van der Waals surface area contributed by atoms with Gasteiger partial charge in [-0.2, -0.15) is 5.10 Å². The number of carbonyl (C=O) groups excluding carboxylic acids is 1. The van der Waals surface area contributed by atoms with Crippen molar-refractivity contribution in [3.63, 3.8) is 0 Å². The Labute approximate surface area is 174 Å². The molecule has 9 heteroatoms. The van der Waals surface area contributed by atoms with Gasteiger partial charge in [-0.15, -0.1) is 11.3 Å². The van der Waals surface area contributed by atoms with Gasteiger partial charge in [-0.05, 0) is 13.8 Å². The van der Waals surface area contributed by atoms with Crippen LogP contribution in [0.15, 0.2) is 24.0 Å². The smallest absolute Gasteiger partial charge is 0.228 e. The first-order chi connectivity index (χ1) is 14.0. The fourth-order valence-corrected chi connectivity index (χ4v) is 4.39. The highest BCUT2D eigenvalue weighted by atomic mass is 32.1. The van der Waals surface area contributed by atoms with E-state index in [9.17, 15) is 4.79 Å². The summed E-state index contributed by atoms with van der Waals surface area (Å²) in [6, 6.07) is 0. The Hall–Kier alpha value is -2.65. The molecule has 8 nitrogen and oxygen atoms in total. The number of thiazole rings is 1. The fraction of sp³-hybridized carbons (Fsp3) is 0.450. The highest BCUT2D eigenvalue weighted by Gasteiger charge is 2.23. The van der Waals surface area contributed by atoms with E-state index in [0.717, 1.165) is 54.8 Å². The summed E-state index contributed by atoms with van der Waals surface area (Å²) in [7, 11) is 1.98. The van der Waals surface area contributed by atoms with Crippen LogP contribution in [0.2, 0.25) is 0 Å². The molecule has 1 fully saturated rings. The molecule has 0 radical (unpaired) electrons. The Morgan fingerprint density at radius 2 is 1.97 bits per heavy atom. The molecule has 0 atom stereocenters. The molecule has 4 heterocycles. The number of piperazine rings is 1. The average Bonchev–Trinajstić information content (AvgIpc) is 3.29. The van der Waals surface area contributed by atoms with Crippen molar-refractivity contribution in [3.05, 3.63) is 46.6 Å². The number of carbonyl (C=O) groups is 1. The zero-order valence-corrected chi connectivity index (χ0v) is 17.8. The lowest BCUT2D eigenvalue weighted by Gasteiger charge is -2.34. The third-order valence-electron chi connectivity index (χ3n) is 5.43. The number of aromatic nitrogens is 5. The van der Waals surface area contributed by atoms with Gasteiger partial charge in [0.05, 0.1) is 24.0 Å². The van der Waals surface area contributed by atoms with E-state index in [1.165, 1.54) is 22.6 Å². The van der Waals surface area contributed by atoms with Gasteiger partial charge in [0.25, 0.3) is 0 Å². The van der Waals surface area contributed by atoms with Crippen molar-refractivity contribution in [2.45, 2.75) is 26.8 Å². The normalized spacial score (nSPS) is 15.1. The minimum atomic E-state index is 0.134. The first-order valence-electron chi connectivity index (χ1n) is 9.71. The van der Waals surface area contributed by atoms with Gasteiger partial charge in [0.2, 0.25) is 5.91 Å². The largest absolute Gasteiger partial charge is 0.340 e. The maximum Gasteiger partial charge on any atom is 0.228 e. The summed E-state index contributed by atoms with van der Waals surface area (Å²) in [6.45, 7) is 8.31. The minimum Gasteiger partial charge on any atom is -0.340 e. The van der Waals surface area contributed by atoms with Crippen LogP contribution >= 0.6 is 11.3 Å². The Kier molecular flexibility index (Phi) is 5.68. The Morgan fingerprint density at radius 3 is 2.62 bits per heavy atom. The molecule has 1 amide bonds. The number of amides is 1. The van der Waals surface area contributed by atoms with Crippen LogP contribution in [0.3, 0.4) is 0 Å². The molecule has 4 rings (SSSR count). The van der Waals surface area contributed by atoms with Crippen LogP contribution in [-0.2, 0) is 24.8 Å². The van der Waals surface area contributed by atoms with Crippen LogP contribution in [0.25, 0.3) is 10.7 Å². The number of hydrogen-bond donors (Lipinski definition) is 0. The maximum atomic E-state index is 12.7. The van der Waals surface area contributed by atoms with E-state index in [2.05, 4.69) is 38.8 Å². The molecule has 0 bridgehead atoms. The highest BCUT2D eigenvalue weighted by molar-refractivity contribution is 7.13. The number of nitrogens with zero attached hydrogens (tertiary/aromatic N) is 7. The molecule has 3 aromatic rings. The number of rotatable bonds is 5. The van der Waals surface area contributed by atoms with E-state index >= 15 is 0 Å². The third kappa shape index (κ3) is 4.35. The van der Waals surface area contributed by atoms with Crippen molar-refractivity contribution in [2.75, 3.05) is 26.2 Å². The van der Waals surface area contributed by atoms with Crippen LogP contribution in [0, 0.1) is 13.8 Å². The summed E-state index contributed by atoms with van der Waals surface area (Å²) < 4.78 is 1.94. The van der Waals surface area contributed by atoms with Crippen molar-refractivity contribution in [1.29, 1.82) is 0 Å². The second kappa shape index (κ2) is 8.38. The van der Waals surface area contributed by atoms with E-state index < -0.39 is 0 Å². The second-order valence-electron chi connectivity index (χ2n) is 7.34. The Bertz CT molecular complexity index is 990. The van der Waals surface area contributed by atoms with E-state index in [1.54, 1.807) is 18.6 Å². The standard InChI is InChI=1S/C20H25N7OS/c1-14-17(15(2)25(3)24-14)12-26-6-8-27(9-7-26)19(28)10-16-13-29-20(23-16)18-11-21-4-5-22-18/h4-5,11,13H,6-10,12H2,1-3H3. The number of hydrogen-bond acceptors (Lipinski definition) is 7. The van der Waals surface area contributed by atoms with Gasteiger partial charge < -0.3 is 4.90 Å². The van der Waals surface area contributed by atoms with Gasteiger partial charge in [0.1, 0.15) is 10.7 Å². The average molecular weight is 412 g/mol. The Balaban J connectivity index is 1.31. The quantitative estimate of drug-likeness (QED) is 0.637. The SMILES string of the molecule is Cc1nn(C)c(C)c1CN1CCN(C(=O)Cc2csc(-c3cnccn3)n2)CC1. The van der Waals surface area contributed by atoms with Crippen LogP contribution in [0.1, 0.15) is 22.6 Å².